The van der Waals surface area contributed by atoms with E-state index in [4.69, 9.17) is 4.74 Å². The molecule has 3 aromatic rings. The summed E-state index contributed by atoms with van der Waals surface area (Å²) < 4.78 is 34.3. The fourth-order valence-electron chi connectivity index (χ4n) is 3.73. The average molecular weight is 518 g/mol. The lowest BCUT2D eigenvalue weighted by atomic mass is 10.1. The molecular weight excluding hydrogens is 496 g/mol. The number of amides is 1. The molecule has 1 aromatic heterocycles. The molecule has 0 saturated carbocycles. The zero-order valence-corrected chi connectivity index (χ0v) is 19.6. The van der Waals surface area contributed by atoms with Crippen LogP contribution in [0.3, 0.4) is 0 Å². The predicted molar refractivity (Wildman–Crippen MR) is 126 cm³/mol. The van der Waals surface area contributed by atoms with Crippen LogP contribution in [-0.4, -0.2) is 48.7 Å². The van der Waals surface area contributed by atoms with Crippen molar-refractivity contribution in [1.82, 2.24) is 15.3 Å². The number of hydrogen-bond donors (Lipinski definition) is 2. The molecule has 7 nitrogen and oxygen atoms in total. The summed E-state index contributed by atoms with van der Waals surface area (Å²) in [4.78, 5) is 23.5. The van der Waals surface area contributed by atoms with Crippen molar-refractivity contribution in [2.24, 2.45) is 0 Å². The van der Waals surface area contributed by atoms with E-state index in [1.807, 2.05) is 0 Å². The van der Waals surface area contributed by atoms with E-state index < -0.39 is 17.5 Å². The van der Waals surface area contributed by atoms with E-state index in [0.717, 1.165) is 6.54 Å². The molecule has 1 fully saturated rings. The lowest BCUT2D eigenvalue weighted by Gasteiger charge is -2.35. The molecule has 33 heavy (non-hydrogen) atoms. The Labute approximate surface area is 198 Å². The van der Waals surface area contributed by atoms with E-state index in [-0.39, 0.29) is 28.9 Å². The van der Waals surface area contributed by atoms with Crippen LogP contribution in [-0.2, 0) is 0 Å². The van der Waals surface area contributed by atoms with Gasteiger partial charge in [-0.3, -0.25) is 4.79 Å². The van der Waals surface area contributed by atoms with Gasteiger partial charge in [0.15, 0.2) is 5.82 Å². The molecule has 1 amide bonds. The van der Waals surface area contributed by atoms with Gasteiger partial charge >= 0.3 is 0 Å². The van der Waals surface area contributed by atoms with E-state index in [1.54, 1.807) is 12.1 Å². The summed E-state index contributed by atoms with van der Waals surface area (Å²) >= 11 is 3.23. The third kappa shape index (κ3) is 4.96. The van der Waals surface area contributed by atoms with Crippen LogP contribution in [0.2, 0.25) is 0 Å². The summed E-state index contributed by atoms with van der Waals surface area (Å²) in [5.41, 5.74) is 1.07. The zero-order valence-electron chi connectivity index (χ0n) is 18.0. The number of hydrogen-bond acceptors (Lipinski definition) is 6. The molecule has 2 aromatic carbocycles. The van der Waals surface area contributed by atoms with Crippen LogP contribution >= 0.6 is 15.9 Å². The molecule has 1 atom stereocenters. The van der Waals surface area contributed by atoms with Crippen molar-refractivity contribution in [3.63, 3.8) is 0 Å². The molecule has 10 heteroatoms. The Hall–Kier alpha value is -3.11. The maximum Gasteiger partial charge on any atom is 0.274 e. The Kier molecular flexibility index (Phi) is 6.85. The first-order valence-corrected chi connectivity index (χ1v) is 11.1. The van der Waals surface area contributed by atoms with E-state index in [9.17, 15) is 13.6 Å². The van der Waals surface area contributed by atoms with E-state index in [1.165, 1.54) is 37.6 Å². The second kappa shape index (κ2) is 9.80. The normalized spacial score (nSPS) is 15.9. The van der Waals surface area contributed by atoms with E-state index >= 15 is 0 Å². The Morgan fingerprint density at radius 3 is 2.85 bits per heavy atom. The van der Waals surface area contributed by atoms with Gasteiger partial charge in [0.25, 0.3) is 5.91 Å². The van der Waals surface area contributed by atoms with Crippen molar-refractivity contribution >= 4 is 33.2 Å². The maximum absolute atomic E-state index is 14.5. The SMILES string of the molecule is COc1cccc(F)c1-c1nccc(C(=O)Nc2cc(F)c(Br)cc2N2CCN[C@@H](C)C2)n1. The third-order valence-corrected chi connectivity index (χ3v) is 5.91. The van der Waals surface area contributed by atoms with Crippen molar-refractivity contribution in [1.29, 1.82) is 0 Å². The highest BCUT2D eigenvalue weighted by molar-refractivity contribution is 9.10. The number of carbonyl (C=O) groups excluding carboxylic acids is 1. The van der Waals surface area contributed by atoms with E-state index in [0.29, 0.717) is 28.9 Å². The molecule has 0 spiro atoms. The molecule has 4 rings (SSSR count). The topological polar surface area (TPSA) is 79.4 Å². The second-order valence-corrected chi connectivity index (χ2v) is 8.48. The fourth-order valence-corrected chi connectivity index (χ4v) is 4.06. The molecular formula is C23H22BrF2N5O2. The Morgan fingerprint density at radius 1 is 1.27 bits per heavy atom. The quantitative estimate of drug-likeness (QED) is 0.526. The predicted octanol–water partition coefficient (Wildman–Crippen LogP) is 4.24. The van der Waals surface area contributed by atoms with Gasteiger partial charge in [0, 0.05) is 37.9 Å². The first-order valence-electron chi connectivity index (χ1n) is 10.3. The maximum atomic E-state index is 14.5. The van der Waals surface area contributed by atoms with Crippen LogP contribution in [0.25, 0.3) is 11.4 Å². The number of carbonyl (C=O) groups is 1. The largest absolute Gasteiger partial charge is 0.496 e. The Morgan fingerprint density at radius 2 is 2.09 bits per heavy atom. The van der Waals surface area contributed by atoms with Crippen molar-refractivity contribution in [3.05, 3.63) is 64.4 Å². The summed E-state index contributed by atoms with van der Waals surface area (Å²) in [5, 5.41) is 6.11. The number of piperazine rings is 1. The average Bonchev–Trinajstić information content (AvgIpc) is 2.81. The number of ether oxygens (including phenoxy) is 1. The lowest BCUT2D eigenvalue weighted by Crippen LogP contribution is -2.49. The van der Waals surface area contributed by atoms with Crippen LogP contribution in [0.1, 0.15) is 17.4 Å². The summed E-state index contributed by atoms with van der Waals surface area (Å²) in [6, 6.07) is 8.93. The summed E-state index contributed by atoms with van der Waals surface area (Å²) in [7, 11) is 1.41. The monoisotopic (exact) mass is 517 g/mol. The molecule has 0 bridgehead atoms. The van der Waals surface area contributed by atoms with Gasteiger partial charge in [0.2, 0.25) is 0 Å². The van der Waals surface area contributed by atoms with Gasteiger partial charge in [-0.2, -0.15) is 0 Å². The number of aromatic nitrogens is 2. The molecule has 0 radical (unpaired) electrons. The van der Waals surface area contributed by atoms with Gasteiger partial charge in [-0.25, -0.2) is 18.7 Å². The number of nitrogens with one attached hydrogen (secondary N) is 2. The number of rotatable bonds is 5. The Bertz CT molecular complexity index is 1190. The zero-order chi connectivity index (χ0) is 23.5. The summed E-state index contributed by atoms with van der Waals surface area (Å²) in [6.45, 7) is 4.23. The molecule has 1 aliphatic rings. The van der Waals surface area contributed by atoms with Crippen LogP contribution in [0.15, 0.2) is 47.1 Å². The summed E-state index contributed by atoms with van der Waals surface area (Å²) in [5.74, 6) is -1.39. The first kappa shape index (κ1) is 23.1. The van der Waals surface area contributed by atoms with Crippen molar-refractivity contribution in [3.8, 4) is 17.1 Å². The number of anilines is 2. The standard InChI is InChI=1S/C23H22BrF2N5O2/c1-13-12-31(9-8-27-13)19-10-14(24)16(26)11-18(19)30-23(32)17-6-7-28-22(29-17)21-15(25)4-3-5-20(21)33-2/h3-7,10-11,13,27H,8-9,12H2,1-2H3,(H,30,32)/t13-/m0/s1. The molecule has 1 aliphatic heterocycles. The number of benzene rings is 2. The minimum atomic E-state index is -0.572. The van der Waals surface area contributed by atoms with E-state index in [2.05, 4.69) is 48.4 Å². The molecule has 0 unspecified atom stereocenters. The van der Waals surface area contributed by atoms with Gasteiger partial charge in [-0.1, -0.05) is 6.07 Å². The molecule has 2 N–H and O–H groups in total. The number of methoxy groups -OCH3 is 1. The number of halogens is 3. The van der Waals surface area contributed by atoms with Gasteiger partial charge in [-0.05, 0) is 47.1 Å². The highest BCUT2D eigenvalue weighted by Crippen LogP contribution is 2.33. The highest BCUT2D eigenvalue weighted by atomic mass is 79.9. The molecule has 2 heterocycles. The summed E-state index contributed by atoms with van der Waals surface area (Å²) in [6.07, 6.45) is 1.37. The van der Waals surface area contributed by atoms with Gasteiger partial charge in [-0.15, -0.1) is 0 Å². The molecule has 172 valence electrons. The molecule has 0 aliphatic carbocycles. The van der Waals surface area contributed by atoms with Crippen LogP contribution < -0.4 is 20.3 Å². The number of nitrogens with zero attached hydrogens (tertiary/aromatic N) is 3. The fraction of sp³-hybridized carbons (Fsp3) is 0.261. The smallest absolute Gasteiger partial charge is 0.274 e. The second-order valence-electron chi connectivity index (χ2n) is 7.62. The van der Waals surface area contributed by atoms with Gasteiger partial charge < -0.3 is 20.3 Å². The minimum absolute atomic E-state index is 0.00765. The van der Waals surface area contributed by atoms with Crippen LogP contribution in [0, 0.1) is 11.6 Å². The van der Waals surface area contributed by atoms with Crippen LogP contribution in [0.5, 0.6) is 5.75 Å². The van der Waals surface area contributed by atoms with Crippen molar-refractivity contribution in [2.75, 3.05) is 37.0 Å². The first-order chi connectivity index (χ1) is 15.9. The van der Waals surface area contributed by atoms with Gasteiger partial charge in [0.1, 0.15) is 23.1 Å². The highest BCUT2D eigenvalue weighted by Gasteiger charge is 2.22. The Balaban J connectivity index is 1.66. The third-order valence-electron chi connectivity index (χ3n) is 5.30. The van der Waals surface area contributed by atoms with Crippen LogP contribution in [0.4, 0.5) is 20.2 Å². The van der Waals surface area contributed by atoms with Crippen molar-refractivity contribution < 1.29 is 18.3 Å². The van der Waals surface area contributed by atoms with Crippen molar-refractivity contribution in [2.45, 2.75) is 13.0 Å². The molecule has 1 saturated heterocycles. The minimum Gasteiger partial charge on any atom is -0.496 e. The lowest BCUT2D eigenvalue weighted by molar-refractivity contribution is 0.102. The van der Waals surface area contributed by atoms with Gasteiger partial charge in [0.05, 0.1) is 28.5 Å².